The van der Waals surface area contributed by atoms with Crippen LogP contribution in [0.1, 0.15) is 36.7 Å². The summed E-state index contributed by atoms with van der Waals surface area (Å²) in [5, 5.41) is 12.6. The van der Waals surface area contributed by atoms with Crippen molar-refractivity contribution in [2.75, 3.05) is 13.1 Å². The molecule has 112 valence electrons. The number of furan rings is 1. The van der Waals surface area contributed by atoms with Gasteiger partial charge in [-0.1, -0.05) is 0 Å². The lowest BCUT2D eigenvalue weighted by Gasteiger charge is -2.22. The molecular weight excluding hydrogens is 288 g/mol. The third-order valence-corrected chi connectivity index (χ3v) is 4.66. The van der Waals surface area contributed by atoms with Crippen LogP contribution in [0.3, 0.4) is 0 Å². The highest BCUT2D eigenvalue weighted by atomic mass is 32.1. The Labute approximate surface area is 127 Å². The summed E-state index contributed by atoms with van der Waals surface area (Å²) >= 11 is 1.40. The van der Waals surface area contributed by atoms with Crippen molar-refractivity contribution in [2.24, 2.45) is 0 Å². The molecule has 2 aromatic rings. The fraction of sp³-hybridized carbons (Fsp3) is 0.467. The molecule has 0 spiro atoms. The molecule has 1 unspecified atom stereocenters. The fourth-order valence-corrected chi connectivity index (χ4v) is 3.27. The van der Waals surface area contributed by atoms with Gasteiger partial charge in [0.25, 0.3) is 5.91 Å². The van der Waals surface area contributed by atoms with Crippen molar-refractivity contribution < 1.29 is 14.3 Å². The van der Waals surface area contributed by atoms with E-state index >= 15 is 0 Å². The number of rotatable bonds is 2. The Morgan fingerprint density at radius 1 is 1.48 bits per heavy atom. The van der Waals surface area contributed by atoms with Crippen LogP contribution in [-0.4, -0.2) is 39.6 Å². The largest absolute Gasteiger partial charge is 0.462 e. The summed E-state index contributed by atoms with van der Waals surface area (Å²) in [7, 11) is 0. The smallest absolute Gasteiger partial charge is 0.273 e. The van der Waals surface area contributed by atoms with E-state index in [1.807, 2.05) is 13.0 Å². The lowest BCUT2D eigenvalue weighted by Crippen LogP contribution is -2.33. The monoisotopic (exact) mass is 306 g/mol. The van der Waals surface area contributed by atoms with Gasteiger partial charge in [-0.05, 0) is 38.3 Å². The van der Waals surface area contributed by atoms with Crippen molar-refractivity contribution in [3.05, 3.63) is 29.5 Å². The maximum Gasteiger partial charge on any atom is 0.273 e. The molecule has 3 heterocycles. The molecule has 1 atom stereocenters. The maximum atomic E-state index is 12.5. The molecule has 1 N–H and O–H groups in total. The molecule has 5 nitrogen and oxygen atoms in total. The molecule has 1 aliphatic heterocycles. The molecule has 21 heavy (non-hydrogen) atoms. The van der Waals surface area contributed by atoms with Gasteiger partial charge in [-0.25, -0.2) is 4.98 Å². The summed E-state index contributed by atoms with van der Waals surface area (Å²) in [5.41, 5.74) is -0.218. The van der Waals surface area contributed by atoms with Gasteiger partial charge in [-0.3, -0.25) is 4.79 Å². The first kappa shape index (κ1) is 14.3. The Morgan fingerprint density at radius 3 is 3.10 bits per heavy atom. The van der Waals surface area contributed by atoms with E-state index in [1.54, 1.807) is 22.6 Å². The molecule has 1 aliphatic rings. The van der Waals surface area contributed by atoms with Crippen LogP contribution in [0.5, 0.6) is 0 Å². The van der Waals surface area contributed by atoms with Crippen LogP contribution in [0.25, 0.3) is 10.8 Å². The number of likely N-dealkylation sites (tertiary alicyclic amines) is 1. The number of carbonyl (C=O) groups excluding carboxylic acids is 1. The average Bonchev–Trinajstić information content (AvgIpc) is 3.08. The number of nitrogens with zero attached hydrogens (tertiary/aromatic N) is 2. The van der Waals surface area contributed by atoms with Crippen LogP contribution in [-0.2, 0) is 0 Å². The minimum atomic E-state index is -0.670. The van der Waals surface area contributed by atoms with Crippen molar-refractivity contribution >= 4 is 17.2 Å². The van der Waals surface area contributed by atoms with Gasteiger partial charge >= 0.3 is 0 Å². The Morgan fingerprint density at radius 2 is 2.33 bits per heavy atom. The predicted molar refractivity (Wildman–Crippen MR) is 80.2 cm³/mol. The fourth-order valence-electron chi connectivity index (χ4n) is 2.51. The predicted octanol–water partition coefficient (Wildman–Crippen LogP) is 2.78. The molecule has 0 bridgehead atoms. The van der Waals surface area contributed by atoms with Gasteiger partial charge in [0, 0.05) is 18.5 Å². The molecule has 0 aromatic carbocycles. The van der Waals surface area contributed by atoms with Gasteiger partial charge < -0.3 is 14.4 Å². The topological polar surface area (TPSA) is 66.6 Å². The first-order chi connectivity index (χ1) is 10.1. The zero-order valence-electron chi connectivity index (χ0n) is 11.9. The minimum Gasteiger partial charge on any atom is -0.462 e. The number of thiazole rings is 1. The third kappa shape index (κ3) is 3.16. The summed E-state index contributed by atoms with van der Waals surface area (Å²) in [6.07, 6.45) is 3.74. The van der Waals surface area contributed by atoms with Crippen LogP contribution in [0.15, 0.2) is 28.2 Å². The van der Waals surface area contributed by atoms with E-state index in [-0.39, 0.29) is 5.91 Å². The first-order valence-electron chi connectivity index (χ1n) is 7.06. The van der Waals surface area contributed by atoms with Gasteiger partial charge in [0.2, 0.25) is 0 Å². The molecule has 0 radical (unpaired) electrons. The van der Waals surface area contributed by atoms with Crippen LogP contribution in [0.2, 0.25) is 0 Å². The van der Waals surface area contributed by atoms with Gasteiger partial charge in [-0.15, -0.1) is 11.3 Å². The number of aliphatic hydroxyl groups is 1. The number of carbonyl (C=O) groups is 1. The first-order valence-corrected chi connectivity index (χ1v) is 7.94. The molecule has 0 saturated carbocycles. The third-order valence-electron chi connectivity index (χ3n) is 3.81. The molecule has 2 aromatic heterocycles. The number of hydrogen-bond donors (Lipinski definition) is 1. The van der Waals surface area contributed by atoms with E-state index < -0.39 is 5.60 Å². The molecular formula is C15H18N2O3S. The normalized spacial score (nSPS) is 23.0. The number of aromatic nitrogens is 1. The Kier molecular flexibility index (Phi) is 3.82. The summed E-state index contributed by atoms with van der Waals surface area (Å²) in [6.45, 7) is 3.07. The summed E-state index contributed by atoms with van der Waals surface area (Å²) in [5.74, 6) is 0.611. The standard InChI is InChI=1S/C15H18N2O3S/c1-15(19)5-3-7-17(8-6-15)14(18)11-10-21-13(16-11)12-4-2-9-20-12/h2,4,9-10,19H,3,5-8H2,1H3. The van der Waals surface area contributed by atoms with Crippen LogP contribution >= 0.6 is 11.3 Å². The van der Waals surface area contributed by atoms with Gasteiger partial charge in [0.1, 0.15) is 5.69 Å². The lowest BCUT2D eigenvalue weighted by atomic mass is 9.98. The van der Waals surface area contributed by atoms with E-state index in [0.717, 1.165) is 12.8 Å². The van der Waals surface area contributed by atoms with Gasteiger partial charge in [0.05, 0.1) is 11.9 Å². The van der Waals surface area contributed by atoms with E-state index in [9.17, 15) is 9.90 Å². The summed E-state index contributed by atoms with van der Waals surface area (Å²) in [6, 6.07) is 3.63. The zero-order valence-corrected chi connectivity index (χ0v) is 12.7. The molecule has 1 amide bonds. The SMILES string of the molecule is CC1(O)CCCN(C(=O)c2csc(-c3ccco3)n2)CC1. The average molecular weight is 306 g/mol. The second-order valence-electron chi connectivity index (χ2n) is 5.66. The van der Waals surface area contributed by atoms with Gasteiger partial charge in [0.15, 0.2) is 10.8 Å². The van der Waals surface area contributed by atoms with E-state index in [2.05, 4.69) is 4.98 Å². The van der Waals surface area contributed by atoms with Crippen molar-refractivity contribution in [1.82, 2.24) is 9.88 Å². The second kappa shape index (κ2) is 5.61. The number of amides is 1. The molecule has 1 saturated heterocycles. The van der Waals surface area contributed by atoms with Crippen molar-refractivity contribution in [3.8, 4) is 10.8 Å². The molecule has 1 fully saturated rings. The minimum absolute atomic E-state index is 0.0678. The molecule has 0 aliphatic carbocycles. The van der Waals surface area contributed by atoms with Crippen LogP contribution in [0.4, 0.5) is 0 Å². The van der Waals surface area contributed by atoms with Crippen LogP contribution < -0.4 is 0 Å². The number of hydrogen-bond acceptors (Lipinski definition) is 5. The lowest BCUT2D eigenvalue weighted by molar-refractivity contribution is 0.0437. The summed E-state index contributed by atoms with van der Waals surface area (Å²) in [4.78, 5) is 18.7. The summed E-state index contributed by atoms with van der Waals surface area (Å²) < 4.78 is 5.30. The second-order valence-corrected chi connectivity index (χ2v) is 6.52. The van der Waals surface area contributed by atoms with Crippen LogP contribution in [0, 0.1) is 0 Å². The maximum absolute atomic E-state index is 12.5. The highest BCUT2D eigenvalue weighted by molar-refractivity contribution is 7.13. The van der Waals surface area contributed by atoms with E-state index in [1.165, 1.54) is 11.3 Å². The quantitative estimate of drug-likeness (QED) is 0.926. The Bertz CT molecular complexity index is 619. The van der Waals surface area contributed by atoms with Crippen molar-refractivity contribution in [1.29, 1.82) is 0 Å². The van der Waals surface area contributed by atoms with E-state index in [4.69, 9.17) is 4.42 Å². The molecule has 3 rings (SSSR count). The Balaban J connectivity index is 1.73. The highest BCUT2D eigenvalue weighted by Gasteiger charge is 2.28. The van der Waals surface area contributed by atoms with E-state index in [0.29, 0.717) is 36.0 Å². The van der Waals surface area contributed by atoms with Crippen molar-refractivity contribution in [2.45, 2.75) is 31.8 Å². The zero-order chi connectivity index (χ0) is 14.9. The Hall–Kier alpha value is -1.66. The highest BCUT2D eigenvalue weighted by Crippen LogP contribution is 2.26. The van der Waals surface area contributed by atoms with Gasteiger partial charge in [-0.2, -0.15) is 0 Å². The molecule has 6 heteroatoms. The van der Waals surface area contributed by atoms with Crippen molar-refractivity contribution in [3.63, 3.8) is 0 Å².